The molecule has 0 aromatic rings. The third-order valence-electron chi connectivity index (χ3n) is 4.31. The average Bonchev–Trinajstić information content (AvgIpc) is 2.85. The third-order valence-corrected chi connectivity index (χ3v) is 7.07. The lowest BCUT2D eigenvalue weighted by Crippen LogP contribution is -2.42. The molecule has 2 aliphatic rings. The van der Waals surface area contributed by atoms with Crippen LogP contribution >= 0.6 is 11.8 Å². The molecule has 4 nitrogen and oxygen atoms in total. The van der Waals surface area contributed by atoms with Crippen molar-refractivity contribution in [3.05, 3.63) is 0 Å². The minimum absolute atomic E-state index is 0.157. The molecule has 6 heteroatoms. The van der Waals surface area contributed by atoms with Crippen LogP contribution in [0.3, 0.4) is 0 Å². The van der Waals surface area contributed by atoms with Crippen molar-refractivity contribution in [2.45, 2.75) is 69.2 Å². The molecule has 0 aromatic heterocycles. The van der Waals surface area contributed by atoms with Gasteiger partial charge in [0.15, 0.2) is 0 Å². The summed E-state index contributed by atoms with van der Waals surface area (Å²) in [7, 11) is -3.12. The van der Waals surface area contributed by atoms with Gasteiger partial charge in [0.1, 0.15) is 0 Å². The fourth-order valence-corrected chi connectivity index (χ4v) is 5.97. The predicted molar refractivity (Wildman–Crippen MR) is 86.7 cm³/mol. The van der Waals surface area contributed by atoms with Crippen LogP contribution in [0.5, 0.6) is 0 Å². The fraction of sp³-hybridized carbons (Fsp3) is 1.00. The Kier molecular flexibility index (Phi) is 6.65. The highest BCUT2D eigenvalue weighted by atomic mass is 32.2. The van der Waals surface area contributed by atoms with E-state index in [0.717, 1.165) is 44.4 Å². The number of rotatable bonds is 7. The SMILES string of the molecule is CCSC1CCCC1NS(=O)(=O)CCC1CCCCN1. The molecule has 0 bridgehead atoms. The number of thioether (sulfide) groups is 1. The van der Waals surface area contributed by atoms with Crippen LogP contribution in [-0.2, 0) is 10.0 Å². The zero-order chi connectivity index (χ0) is 14.4. The molecule has 2 rings (SSSR count). The normalized spacial score (nSPS) is 31.6. The summed E-state index contributed by atoms with van der Waals surface area (Å²) in [6, 6.07) is 0.550. The van der Waals surface area contributed by atoms with Gasteiger partial charge >= 0.3 is 0 Å². The van der Waals surface area contributed by atoms with Gasteiger partial charge < -0.3 is 5.32 Å². The van der Waals surface area contributed by atoms with Gasteiger partial charge in [-0.2, -0.15) is 11.8 Å². The Balaban J connectivity index is 1.77. The molecule has 0 aromatic carbocycles. The zero-order valence-corrected chi connectivity index (χ0v) is 14.1. The molecule has 3 unspecified atom stereocenters. The average molecular weight is 321 g/mol. The highest BCUT2D eigenvalue weighted by molar-refractivity contribution is 8.00. The molecule has 1 heterocycles. The maximum absolute atomic E-state index is 12.2. The van der Waals surface area contributed by atoms with Gasteiger partial charge in [-0.3, -0.25) is 0 Å². The van der Waals surface area contributed by atoms with Crippen LogP contribution in [0.1, 0.15) is 51.9 Å². The standard InChI is InChI=1S/C14H28N2O2S2/c1-2-19-14-8-5-7-13(14)16-20(17,18)11-9-12-6-3-4-10-15-12/h12-16H,2-11H2,1H3. The van der Waals surface area contributed by atoms with Crippen LogP contribution in [0.2, 0.25) is 0 Å². The molecular weight excluding hydrogens is 292 g/mol. The van der Waals surface area contributed by atoms with Gasteiger partial charge in [0.25, 0.3) is 0 Å². The summed E-state index contributed by atoms with van der Waals surface area (Å²) in [4.78, 5) is 0. The number of piperidine rings is 1. The first-order chi connectivity index (χ1) is 9.61. The van der Waals surface area contributed by atoms with E-state index in [1.807, 2.05) is 11.8 Å². The van der Waals surface area contributed by atoms with Crippen LogP contribution in [0.25, 0.3) is 0 Å². The topological polar surface area (TPSA) is 58.2 Å². The van der Waals surface area contributed by atoms with Crippen LogP contribution in [-0.4, -0.2) is 43.8 Å². The largest absolute Gasteiger partial charge is 0.314 e. The molecule has 20 heavy (non-hydrogen) atoms. The molecule has 1 saturated heterocycles. The highest BCUT2D eigenvalue weighted by Crippen LogP contribution is 2.30. The second-order valence-corrected chi connectivity index (χ2v) is 9.29. The maximum atomic E-state index is 12.2. The molecule has 0 spiro atoms. The molecule has 2 N–H and O–H groups in total. The molecule has 1 aliphatic heterocycles. The van der Waals surface area contributed by atoms with Crippen LogP contribution < -0.4 is 10.0 Å². The number of hydrogen-bond donors (Lipinski definition) is 2. The van der Waals surface area contributed by atoms with Gasteiger partial charge in [-0.05, 0) is 44.4 Å². The number of sulfonamides is 1. The summed E-state index contributed by atoms with van der Waals surface area (Å²) in [6.07, 6.45) is 7.60. The van der Waals surface area contributed by atoms with Crippen molar-refractivity contribution >= 4 is 21.8 Å². The van der Waals surface area contributed by atoms with Crippen LogP contribution in [0, 0.1) is 0 Å². The van der Waals surface area contributed by atoms with E-state index in [1.54, 1.807) is 0 Å². The molecule has 1 saturated carbocycles. The first-order valence-corrected chi connectivity index (χ1v) is 10.7. The van der Waals surface area contributed by atoms with E-state index in [4.69, 9.17) is 0 Å². The summed E-state index contributed by atoms with van der Waals surface area (Å²) in [5.41, 5.74) is 0. The quantitative estimate of drug-likeness (QED) is 0.754. The molecule has 0 radical (unpaired) electrons. The van der Waals surface area contributed by atoms with Crippen molar-refractivity contribution < 1.29 is 8.42 Å². The Morgan fingerprint density at radius 1 is 1.20 bits per heavy atom. The fourth-order valence-electron chi connectivity index (χ4n) is 3.23. The molecule has 2 fully saturated rings. The van der Waals surface area contributed by atoms with Gasteiger partial charge in [0.05, 0.1) is 5.75 Å². The Hall–Kier alpha value is 0.220. The van der Waals surface area contributed by atoms with Crippen molar-refractivity contribution in [2.24, 2.45) is 0 Å². The van der Waals surface area contributed by atoms with Gasteiger partial charge in [0, 0.05) is 17.3 Å². The molecule has 3 atom stereocenters. The highest BCUT2D eigenvalue weighted by Gasteiger charge is 2.30. The smallest absolute Gasteiger partial charge is 0.211 e. The summed E-state index contributed by atoms with van der Waals surface area (Å²) in [6.45, 7) is 3.18. The lowest BCUT2D eigenvalue weighted by atomic mass is 10.0. The van der Waals surface area contributed by atoms with Gasteiger partial charge in [-0.15, -0.1) is 0 Å². The van der Waals surface area contributed by atoms with E-state index in [2.05, 4.69) is 17.0 Å². The third kappa shape index (κ3) is 5.20. The van der Waals surface area contributed by atoms with E-state index in [-0.39, 0.29) is 11.8 Å². The Morgan fingerprint density at radius 3 is 2.75 bits per heavy atom. The summed E-state index contributed by atoms with van der Waals surface area (Å²) in [5, 5.41) is 3.89. The van der Waals surface area contributed by atoms with Gasteiger partial charge in [-0.25, -0.2) is 13.1 Å². The minimum atomic E-state index is -3.12. The van der Waals surface area contributed by atoms with E-state index < -0.39 is 10.0 Å². The summed E-state index contributed by atoms with van der Waals surface area (Å²) >= 11 is 1.89. The zero-order valence-electron chi connectivity index (χ0n) is 12.4. The first-order valence-electron chi connectivity index (χ1n) is 7.95. The molecule has 0 amide bonds. The Labute approximate surface area is 127 Å². The van der Waals surface area contributed by atoms with E-state index in [0.29, 0.717) is 11.3 Å². The second-order valence-electron chi connectivity index (χ2n) is 5.90. The lowest BCUT2D eigenvalue weighted by molar-refractivity contribution is 0.392. The molecule has 1 aliphatic carbocycles. The lowest BCUT2D eigenvalue weighted by Gasteiger charge is -2.24. The van der Waals surface area contributed by atoms with Gasteiger partial charge in [-0.1, -0.05) is 19.8 Å². The van der Waals surface area contributed by atoms with Crippen LogP contribution in [0.15, 0.2) is 0 Å². The second kappa shape index (κ2) is 8.01. The minimum Gasteiger partial charge on any atom is -0.314 e. The Morgan fingerprint density at radius 2 is 2.05 bits per heavy atom. The van der Waals surface area contributed by atoms with Crippen LogP contribution in [0.4, 0.5) is 0 Å². The first kappa shape index (κ1) is 16.6. The Bertz CT molecular complexity index is 381. The number of nitrogens with one attached hydrogen (secondary N) is 2. The van der Waals surface area contributed by atoms with Crippen molar-refractivity contribution in [1.82, 2.24) is 10.0 Å². The summed E-state index contributed by atoms with van der Waals surface area (Å²) < 4.78 is 27.4. The molecule has 118 valence electrons. The maximum Gasteiger partial charge on any atom is 0.211 e. The van der Waals surface area contributed by atoms with Crippen molar-refractivity contribution in [3.63, 3.8) is 0 Å². The monoisotopic (exact) mass is 320 g/mol. The number of hydrogen-bond acceptors (Lipinski definition) is 4. The predicted octanol–water partition coefficient (Wildman–Crippen LogP) is 2.11. The van der Waals surface area contributed by atoms with Crippen molar-refractivity contribution in [3.8, 4) is 0 Å². The van der Waals surface area contributed by atoms with Crippen molar-refractivity contribution in [1.29, 1.82) is 0 Å². The van der Waals surface area contributed by atoms with E-state index in [9.17, 15) is 8.42 Å². The molecular formula is C14H28N2O2S2. The van der Waals surface area contributed by atoms with E-state index in [1.165, 1.54) is 12.8 Å². The van der Waals surface area contributed by atoms with Gasteiger partial charge in [0.2, 0.25) is 10.0 Å². The van der Waals surface area contributed by atoms with Crippen molar-refractivity contribution in [2.75, 3.05) is 18.1 Å². The summed E-state index contributed by atoms with van der Waals surface area (Å²) in [5.74, 6) is 1.33. The van der Waals surface area contributed by atoms with E-state index >= 15 is 0 Å².